The van der Waals surface area contributed by atoms with Crippen molar-refractivity contribution in [1.29, 1.82) is 5.41 Å². The van der Waals surface area contributed by atoms with Crippen LogP contribution >= 0.6 is 0 Å². The van der Waals surface area contributed by atoms with Crippen LogP contribution in [0.4, 0.5) is 31.1 Å². The van der Waals surface area contributed by atoms with Gasteiger partial charge in [-0.25, -0.2) is 19.2 Å². The molecule has 90 heavy (non-hydrogen) atoms. The van der Waals surface area contributed by atoms with Crippen molar-refractivity contribution in [3.8, 4) is 11.1 Å². The Kier molecular flexibility index (Phi) is 28.7. The molecule has 0 fully saturated rings. The van der Waals surface area contributed by atoms with E-state index in [0.717, 1.165) is 36.1 Å². The van der Waals surface area contributed by atoms with Crippen LogP contribution in [0.3, 0.4) is 0 Å². The number of esters is 2. The number of rotatable bonds is 33. The van der Waals surface area contributed by atoms with E-state index in [0.29, 0.717) is 0 Å². The molecule has 3 rings (SSSR count). The minimum Gasteiger partial charge on any atom is -0.480 e. The summed E-state index contributed by atoms with van der Waals surface area (Å²) in [5.74, 6) is -19.1. The second-order valence-corrected chi connectivity index (χ2v) is 22.0. The van der Waals surface area contributed by atoms with Crippen LogP contribution in [0.5, 0.6) is 0 Å². The van der Waals surface area contributed by atoms with Gasteiger partial charge in [0.15, 0.2) is 12.0 Å². The average molecular weight is 1290 g/mol. The normalized spacial score (nSPS) is 15.8. The second kappa shape index (κ2) is 34.2. The van der Waals surface area contributed by atoms with Crippen LogP contribution < -0.4 is 59.3 Å². The second-order valence-electron chi connectivity index (χ2n) is 22.0. The van der Waals surface area contributed by atoms with Gasteiger partial charge in [-0.2, -0.15) is 26.3 Å². The van der Waals surface area contributed by atoms with Gasteiger partial charge in [0, 0.05) is 12.5 Å². The molecule has 1 unspecified atom stereocenters. The lowest BCUT2D eigenvalue weighted by atomic mass is 9.96. The number of hydrogen-bond donors (Lipinski definition) is 14. The Hall–Kier alpha value is -8.82. The molecule has 28 nitrogen and oxygen atoms in total. The van der Waals surface area contributed by atoms with E-state index in [1.807, 2.05) is 17.4 Å². The van der Waals surface area contributed by atoms with E-state index in [1.54, 1.807) is 76.3 Å². The highest BCUT2D eigenvalue weighted by molar-refractivity contribution is 5.98. The number of aliphatic hydroxyl groups is 1. The van der Waals surface area contributed by atoms with Gasteiger partial charge in [0.1, 0.15) is 55.6 Å². The van der Waals surface area contributed by atoms with Crippen LogP contribution in [0.15, 0.2) is 48.5 Å². The minimum absolute atomic E-state index is 0.0115. The molecule has 16 N–H and O–H groups in total. The first-order chi connectivity index (χ1) is 41.9. The number of fused-ring (bicyclic) bond motifs is 3. The largest absolute Gasteiger partial charge is 0.490 e. The summed E-state index contributed by atoms with van der Waals surface area (Å²) in [4.78, 5) is 146. The number of carboxylic acid groups (broad SMARTS) is 1. The van der Waals surface area contributed by atoms with Gasteiger partial charge in [-0.1, -0.05) is 96.5 Å². The molecule has 0 aliphatic heterocycles. The Bertz CT molecular complexity index is 2860. The molecule has 1 aliphatic rings. The van der Waals surface area contributed by atoms with Crippen molar-refractivity contribution in [3.05, 3.63) is 59.7 Å². The summed E-state index contributed by atoms with van der Waals surface area (Å²) in [5, 5.41) is 47.9. The van der Waals surface area contributed by atoms with Gasteiger partial charge in [-0.3, -0.25) is 39.0 Å². The zero-order valence-corrected chi connectivity index (χ0v) is 50.4. The topological polar surface area (TPSA) is 440 Å². The number of aliphatic hydroxyl groups excluding tert-OH is 1. The van der Waals surface area contributed by atoms with Gasteiger partial charge < -0.3 is 83.7 Å². The Morgan fingerprint density at radius 2 is 1.16 bits per heavy atom. The first-order valence-corrected chi connectivity index (χ1v) is 28.4. The number of alkyl carbamates (subject to hydrolysis) is 1. The van der Waals surface area contributed by atoms with Gasteiger partial charge in [0.25, 0.3) is 0 Å². The fourth-order valence-corrected chi connectivity index (χ4v) is 9.02. The van der Waals surface area contributed by atoms with Crippen LogP contribution in [0.1, 0.15) is 98.1 Å². The fraction of sp³-hybridized carbons (Fsp3) is 0.571. The SMILES string of the molecule is CC[C@H](C)[C@H](NC(=O)[C@@H](CCCNC(=N)N)NC(=O)[C@H](CC(C)C)NC(=O)[C@@H](N)[C@H](O)C(C)C)C(=O)N[C@H](C(=O)NCC(=O)N[C@H](C(=O)N[C@@H](COC(=O)C(F)(F)F)C(=O)O)C(C)NC(=O)OCC1c2ccccc2-c2ccccc21)[C@H](C)OC(=O)C(F)(F)F. The number of alkyl halides is 6. The first-order valence-electron chi connectivity index (χ1n) is 28.4. The van der Waals surface area contributed by atoms with Crippen molar-refractivity contribution in [3.63, 3.8) is 0 Å². The van der Waals surface area contributed by atoms with Crippen LogP contribution in [-0.2, 0) is 62.2 Å². The smallest absolute Gasteiger partial charge is 0.480 e. The number of nitrogens with two attached hydrogens (primary N) is 2. The maximum atomic E-state index is 14.3. The number of guanidine groups is 1. The minimum atomic E-state index is -5.68. The Morgan fingerprint density at radius 3 is 1.68 bits per heavy atom. The maximum Gasteiger partial charge on any atom is 0.490 e. The number of halogens is 6. The quantitative estimate of drug-likeness (QED) is 0.0114. The van der Waals surface area contributed by atoms with Crippen molar-refractivity contribution in [2.75, 3.05) is 26.3 Å². The molecule has 0 bridgehead atoms. The summed E-state index contributed by atoms with van der Waals surface area (Å²) in [6.45, 7) is 8.17. The molecular weight excluding hydrogens is 1210 g/mol. The molecule has 0 radical (unpaired) electrons. The molecule has 0 saturated carbocycles. The van der Waals surface area contributed by atoms with Crippen LogP contribution in [0, 0.1) is 23.2 Å². The van der Waals surface area contributed by atoms with E-state index in [1.165, 1.54) is 6.92 Å². The summed E-state index contributed by atoms with van der Waals surface area (Å²) in [6, 6.07) is -0.310. The Balaban J connectivity index is 1.95. The van der Waals surface area contributed by atoms with Gasteiger partial charge in [-0.05, 0) is 73.1 Å². The third-order valence-electron chi connectivity index (χ3n) is 14.1. The molecule has 8 amide bonds. The molecule has 500 valence electrons. The Labute approximate surface area is 513 Å². The number of aliphatic carboxylic acids is 1. The van der Waals surface area contributed by atoms with Crippen molar-refractivity contribution < 1.29 is 104 Å². The Morgan fingerprint density at radius 1 is 0.633 bits per heavy atom. The van der Waals surface area contributed by atoms with Crippen LogP contribution in [0.2, 0.25) is 0 Å². The summed E-state index contributed by atoms with van der Waals surface area (Å²) >= 11 is 0. The molecule has 0 saturated heterocycles. The van der Waals surface area contributed by atoms with Crippen molar-refractivity contribution >= 4 is 71.3 Å². The van der Waals surface area contributed by atoms with Crippen LogP contribution in [-0.4, -0.2) is 181 Å². The molecule has 34 heteroatoms. The average Bonchev–Trinajstić information content (AvgIpc) is 1.62. The zero-order valence-electron chi connectivity index (χ0n) is 50.4. The number of amides is 8. The molecule has 2 aromatic rings. The lowest BCUT2D eigenvalue weighted by Gasteiger charge is -2.31. The molecule has 1 aliphatic carbocycles. The van der Waals surface area contributed by atoms with Gasteiger partial charge in [-0.15, -0.1) is 0 Å². The van der Waals surface area contributed by atoms with E-state index in [2.05, 4.69) is 46.7 Å². The predicted octanol–water partition coefficient (Wildman–Crippen LogP) is 0.322. The zero-order chi connectivity index (χ0) is 68.1. The number of hydrogen-bond acceptors (Lipinski definition) is 17. The first kappa shape index (κ1) is 75.4. The third-order valence-corrected chi connectivity index (χ3v) is 14.1. The van der Waals surface area contributed by atoms with Crippen molar-refractivity contribution in [2.45, 2.75) is 160 Å². The van der Waals surface area contributed by atoms with Crippen molar-refractivity contribution in [2.24, 2.45) is 29.2 Å². The van der Waals surface area contributed by atoms with Gasteiger partial charge in [0.05, 0.1) is 18.7 Å². The third kappa shape index (κ3) is 23.0. The number of carbonyl (C=O) groups excluding carboxylic acids is 10. The fourth-order valence-electron chi connectivity index (χ4n) is 9.02. The summed E-state index contributed by atoms with van der Waals surface area (Å²) in [5.41, 5.74) is 14.7. The van der Waals surface area contributed by atoms with E-state index in [-0.39, 0.29) is 44.8 Å². The maximum absolute atomic E-state index is 14.3. The number of ether oxygens (including phenoxy) is 3. The van der Waals surface area contributed by atoms with E-state index in [4.69, 9.17) is 21.6 Å². The molecule has 0 spiro atoms. The predicted molar refractivity (Wildman–Crippen MR) is 305 cm³/mol. The van der Waals surface area contributed by atoms with E-state index < -0.39 is 175 Å². The van der Waals surface area contributed by atoms with Gasteiger partial charge in [0.2, 0.25) is 41.4 Å². The molecule has 2 aromatic carbocycles. The van der Waals surface area contributed by atoms with Crippen molar-refractivity contribution in [1.82, 2.24) is 47.9 Å². The number of benzene rings is 2. The molecule has 0 heterocycles. The lowest BCUT2D eigenvalue weighted by molar-refractivity contribution is -0.205. The van der Waals surface area contributed by atoms with E-state index >= 15 is 0 Å². The molecule has 0 aromatic heterocycles. The van der Waals surface area contributed by atoms with Gasteiger partial charge >= 0.3 is 36.4 Å². The number of carbonyl (C=O) groups is 11. The monoisotopic (exact) mass is 1290 g/mol. The summed E-state index contributed by atoms with van der Waals surface area (Å²) in [6.07, 6.45) is -16.2. The molecule has 11 atom stereocenters. The lowest BCUT2D eigenvalue weighted by Crippen LogP contribution is -2.63. The summed E-state index contributed by atoms with van der Waals surface area (Å²) < 4.78 is 93.6. The highest BCUT2D eigenvalue weighted by Crippen LogP contribution is 2.44. The number of nitrogens with one attached hydrogen (secondary N) is 10. The number of carboxylic acids is 1. The standard InChI is InChI=1S/C56H78F6N12O16/c1-9-27(6)40(73-44(77)35(19-14-20-66-53(64)65)69-45(78)36(21-25(2)3)70-46(79)39(63)43(76)26(4)5)48(81)74-42(29(8)90-52(86)56(60,61)62)47(80)67-22-38(75)72-41(49(82)71-37(50(83)84)24-88-51(85)55(57,58)59)28(7)68-54(87)89-23-34-32-17-12-10-15-30(32)31-16-11-13-18-33(31)34/h10-13,15-18,25-29,34-37,39-43,76H,9,14,19-24,63H2,1-8H3,(H,67,80)(H,68,87)(H,69,78)(H,70,79)(H,71,82)(H,72,75)(H,73,77)(H,74,81)(H,83,84)(H4,64,65,66)/t27-,28?,29-,35+,36-,37-,39-,40-,41-,42-,43+/m0/s1. The van der Waals surface area contributed by atoms with Crippen LogP contribution in [0.25, 0.3) is 11.1 Å². The van der Waals surface area contributed by atoms with E-state index in [9.17, 15) is 89.3 Å². The highest BCUT2D eigenvalue weighted by Gasteiger charge is 2.45. The molecular formula is C56H78F6N12O16. The highest BCUT2D eigenvalue weighted by atomic mass is 19.4. The summed E-state index contributed by atoms with van der Waals surface area (Å²) in [7, 11) is 0.